The lowest BCUT2D eigenvalue weighted by Gasteiger charge is -2.29. The van der Waals surface area contributed by atoms with Gasteiger partial charge < -0.3 is 104 Å². The van der Waals surface area contributed by atoms with Crippen LogP contribution < -0.4 is 33.1 Å². The lowest BCUT2D eigenvalue weighted by atomic mass is 9.81. The molecule has 0 saturated carbocycles. The zero-order chi connectivity index (χ0) is 82.3. The molecular weight excluding hydrogens is 1480 g/mol. The minimum atomic E-state index is -2.98. The van der Waals surface area contributed by atoms with Gasteiger partial charge in [-0.3, -0.25) is 9.59 Å². The smallest absolute Gasteiger partial charge is 0.462 e. The van der Waals surface area contributed by atoms with E-state index in [1.54, 1.807) is 4.90 Å². The second-order valence-corrected chi connectivity index (χ2v) is 38.3. The van der Waals surface area contributed by atoms with Gasteiger partial charge in [0.1, 0.15) is 25.4 Å². The molecule has 1 heterocycles. The van der Waals surface area contributed by atoms with Gasteiger partial charge in [0.15, 0.2) is 0 Å². The maximum absolute atomic E-state index is 14.4. The van der Waals surface area contributed by atoms with Crippen molar-refractivity contribution in [3.63, 3.8) is 0 Å². The number of carbonyl (C=O) groups is 5. The Hall–Kier alpha value is -4.71. The van der Waals surface area contributed by atoms with Gasteiger partial charge in [-0.25, -0.2) is 38.1 Å². The zero-order valence-electron chi connectivity index (χ0n) is 70.4. The van der Waals surface area contributed by atoms with Gasteiger partial charge in [-0.2, -0.15) is 0 Å². The topological polar surface area (TPSA) is 372 Å². The number of nitrogens with one attached hydrogen (secondary N) is 3. The largest absolute Gasteiger partial charge is 0.500 e. The molecule has 5 atom stereocenters. The molecule has 1 rings (SSSR count). The molecule has 0 radical (unpaired) electrons. The van der Waals surface area contributed by atoms with Crippen LogP contribution in [0.15, 0.2) is 19.0 Å². The highest BCUT2D eigenvalue weighted by Gasteiger charge is 2.41. The number of aliphatic hydroxyl groups excluding tert-OH is 3. The van der Waals surface area contributed by atoms with Crippen molar-refractivity contribution in [2.24, 2.45) is 15.8 Å². The number of unbranched alkanes of at least 4 members (excludes halogenated alkanes) is 12. The maximum atomic E-state index is 14.4. The number of urea groups is 3. The Morgan fingerprint density at radius 3 is 1.12 bits per heavy atom. The molecular formula is C75H149N9O23Si3. The fraction of sp³-hybridized carbons (Fsp3) is 0.893. The number of aliphatic hydroxyl groups is 3. The highest BCUT2D eigenvalue weighted by Crippen LogP contribution is 2.33. The quantitative estimate of drug-likeness (QED) is 0.0201. The molecule has 5 unspecified atom stereocenters. The summed E-state index contributed by atoms with van der Waals surface area (Å²) >= 11 is 0. The van der Waals surface area contributed by atoms with E-state index in [0.717, 1.165) is 68.8 Å². The van der Waals surface area contributed by atoms with Crippen molar-refractivity contribution >= 4 is 56.4 Å². The molecule has 0 aliphatic carbocycles. The summed E-state index contributed by atoms with van der Waals surface area (Å²) in [6, 6.07) is 0.147. The van der Waals surface area contributed by atoms with Gasteiger partial charge in [0.05, 0.1) is 43.2 Å². The van der Waals surface area contributed by atoms with Crippen molar-refractivity contribution in [2.75, 3.05) is 156 Å². The summed E-state index contributed by atoms with van der Waals surface area (Å²) in [5.74, 6) is -1.57. The second kappa shape index (κ2) is 59.9. The summed E-state index contributed by atoms with van der Waals surface area (Å²) in [5, 5.41) is 42.1. The van der Waals surface area contributed by atoms with Crippen molar-refractivity contribution in [3.8, 4) is 0 Å². The van der Waals surface area contributed by atoms with Crippen molar-refractivity contribution in [2.45, 2.75) is 271 Å². The van der Waals surface area contributed by atoms with E-state index in [1.807, 2.05) is 27.7 Å². The molecule has 6 N–H and O–H groups in total. The number of hydrogen-bond donors (Lipinski definition) is 6. The Labute approximate surface area is 660 Å². The number of rotatable bonds is 69. The van der Waals surface area contributed by atoms with E-state index < -0.39 is 79.1 Å². The first-order valence-electron chi connectivity index (χ1n) is 40.6. The van der Waals surface area contributed by atoms with Crippen molar-refractivity contribution in [1.29, 1.82) is 0 Å². The van der Waals surface area contributed by atoms with Crippen LogP contribution >= 0.6 is 0 Å². The average Bonchev–Trinajstić information content (AvgIpc) is 0.805. The van der Waals surface area contributed by atoms with Crippen molar-refractivity contribution < 1.29 is 97.8 Å². The summed E-state index contributed by atoms with van der Waals surface area (Å²) in [6.45, 7) is 16.3. The monoisotopic (exact) mass is 1630 g/mol. The van der Waals surface area contributed by atoms with Crippen LogP contribution in [0.4, 0.5) is 14.4 Å². The molecule has 0 bridgehead atoms. The predicted molar refractivity (Wildman–Crippen MR) is 427 cm³/mol. The molecule has 0 fully saturated rings. The Balaban J connectivity index is 3.33. The third kappa shape index (κ3) is 40.0. The zero-order valence-corrected chi connectivity index (χ0v) is 73.4. The molecule has 1 aromatic heterocycles. The first kappa shape index (κ1) is 103. The Morgan fingerprint density at radius 1 is 0.436 bits per heavy atom. The van der Waals surface area contributed by atoms with Crippen LogP contribution in [-0.2, 0) is 76.7 Å². The maximum Gasteiger partial charge on any atom is 0.500 e. The predicted octanol–water partition coefficient (Wildman–Crippen LogP) is 9.00. The molecule has 6 amide bonds. The fourth-order valence-corrected chi connectivity index (χ4v) is 18.2. The molecule has 110 heavy (non-hydrogen) atoms. The first-order valence-corrected chi connectivity index (χ1v) is 46.4. The van der Waals surface area contributed by atoms with Gasteiger partial charge >= 0.3 is 73.6 Å². The minimum Gasteiger partial charge on any atom is -0.462 e. The van der Waals surface area contributed by atoms with E-state index in [0.29, 0.717) is 160 Å². The molecule has 0 spiro atoms. The summed E-state index contributed by atoms with van der Waals surface area (Å²) in [5.41, 5.74) is -1.99. The normalized spacial score (nSPS) is 14.2. The van der Waals surface area contributed by atoms with E-state index in [4.69, 9.17) is 58.5 Å². The summed E-state index contributed by atoms with van der Waals surface area (Å²) in [7, 11) is 4.86. The molecule has 35 heteroatoms. The molecule has 0 aliphatic heterocycles. The van der Waals surface area contributed by atoms with Gasteiger partial charge in [-0.15, -0.1) is 0 Å². The van der Waals surface area contributed by atoms with Crippen LogP contribution in [0.25, 0.3) is 0 Å². The highest BCUT2D eigenvalue weighted by atomic mass is 28.4. The molecule has 0 saturated heterocycles. The Bertz CT molecular complexity index is 2800. The van der Waals surface area contributed by atoms with Gasteiger partial charge in [-0.05, 0) is 104 Å². The number of hydrogen-bond acceptors (Lipinski definition) is 24. The standard InChI is InChI=1S/C75H149N9O23Si3/c1-17-22-42-74(6,40-20-4)66(88)105-61-64(86)58-81(49-38-55-109(98-11,99-12)100-13)69(91)77-45-32-27-29-35-51-83-71(79-47-34-26-25-31-44-76-68(90)80(57-63(85)60-104-53-24-19-3)48-37-54-108(95-8,96-9)97-10)107-73(94)84(72(83)93)52-36-30-28-33-46-78-70(92)82(50-39-56-110(101-14,102-15)103-16)59-65(87)62-106-67(89)75(7,41-21-5)43-23-18-2/h63-65,85-87H,17-62H2,1-16H3,(H,76,90)(H,77,91)(H,78,92). The third-order valence-electron chi connectivity index (χ3n) is 20.1. The van der Waals surface area contributed by atoms with Crippen LogP contribution in [-0.4, -0.2) is 270 Å². The third-order valence-corrected chi connectivity index (χ3v) is 28.6. The second-order valence-electron chi connectivity index (χ2n) is 29.0. The molecule has 32 nitrogen and oxygen atoms in total. The van der Waals surface area contributed by atoms with Gasteiger partial charge in [0.25, 0.3) is 0 Å². The van der Waals surface area contributed by atoms with Crippen LogP contribution in [0.5, 0.6) is 0 Å². The molecule has 0 aliphatic rings. The van der Waals surface area contributed by atoms with Crippen molar-refractivity contribution in [3.05, 3.63) is 26.7 Å². The first-order chi connectivity index (χ1) is 52.7. The van der Waals surface area contributed by atoms with Gasteiger partial charge in [0, 0.05) is 148 Å². The van der Waals surface area contributed by atoms with Crippen LogP contribution in [0.2, 0.25) is 18.1 Å². The van der Waals surface area contributed by atoms with E-state index in [2.05, 4.69) is 41.7 Å². The van der Waals surface area contributed by atoms with Gasteiger partial charge in [0.2, 0.25) is 0 Å². The Kier molecular flexibility index (Phi) is 56.3. The van der Waals surface area contributed by atoms with E-state index in [-0.39, 0.29) is 95.8 Å². The fourth-order valence-electron chi connectivity index (χ4n) is 13.1. The van der Waals surface area contributed by atoms with Crippen molar-refractivity contribution in [1.82, 2.24) is 39.8 Å². The summed E-state index contributed by atoms with van der Waals surface area (Å²) in [6.07, 6.45) is 15.3. The van der Waals surface area contributed by atoms with E-state index in [9.17, 15) is 48.9 Å². The highest BCUT2D eigenvalue weighted by molar-refractivity contribution is 6.61. The minimum absolute atomic E-state index is 0.0693. The number of nitrogens with zero attached hydrogens (tertiary/aromatic N) is 6. The number of aromatic nitrogens is 2. The van der Waals surface area contributed by atoms with E-state index >= 15 is 0 Å². The van der Waals surface area contributed by atoms with E-state index in [1.165, 1.54) is 78.4 Å². The lowest BCUT2D eigenvalue weighted by molar-refractivity contribution is -0.160. The number of carbonyl (C=O) groups excluding carboxylic acids is 5. The average molecular weight is 1630 g/mol. The van der Waals surface area contributed by atoms with Crippen LogP contribution in [0.1, 0.15) is 222 Å². The molecule has 0 aromatic carbocycles. The SMILES string of the molecule is CCCCOCC(O)CN(CCC[Si](OC)(OC)OC)C(=O)NCCCCCCN=c1oc(=O)n(CCCCCCNC(=O)N(CCC[Si](OC)(OC)OC)CC(O)COC(=O)C(C)(CCC)CCCC)c(=O)n1CCCCCCNC(=O)N(CCC[Si](OC)(OC)OC)CC(O)COC(=O)C(C)(CCC)CCCC. The molecule has 1 aromatic rings. The van der Waals surface area contributed by atoms with Crippen LogP contribution in [0, 0.1) is 10.8 Å². The summed E-state index contributed by atoms with van der Waals surface area (Å²) < 4.78 is 75.7. The molecule has 644 valence electrons. The number of esters is 2. The van der Waals surface area contributed by atoms with Crippen LogP contribution in [0.3, 0.4) is 0 Å². The van der Waals surface area contributed by atoms with Gasteiger partial charge in [-0.1, -0.05) is 118 Å². The Morgan fingerprint density at radius 2 is 0.773 bits per heavy atom. The number of ether oxygens (including phenoxy) is 3. The number of amides is 6. The lowest BCUT2D eigenvalue weighted by Crippen LogP contribution is -2.47. The summed E-state index contributed by atoms with van der Waals surface area (Å²) in [4.78, 5) is 105.